The van der Waals surface area contributed by atoms with Crippen molar-refractivity contribution in [1.29, 1.82) is 0 Å². The van der Waals surface area contributed by atoms with Crippen LogP contribution in [0.4, 0.5) is 0 Å². The van der Waals surface area contributed by atoms with Gasteiger partial charge >= 0.3 is 0 Å². The van der Waals surface area contributed by atoms with Crippen LogP contribution in [0.2, 0.25) is 0 Å². The zero-order chi connectivity index (χ0) is 12.6. The number of nitrogens with zero attached hydrogens (tertiary/aromatic N) is 2. The van der Waals surface area contributed by atoms with E-state index in [1.54, 1.807) is 0 Å². The van der Waals surface area contributed by atoms with Gasteiger partial charge in [0.2, 0.25) is 0 Å². The van der Waals surface area contributed by atoms with Crippen LogP contribution in [-0.4, -0.2) is 22.4 Å². The molecule has 0 saturated heterocycles. The van der Waals surface area contributed by atoms with E-state index < -0.39 is 0 Å². The van der Waals surface area contributed by atoms with Gasteiger partial charge in [-0.15, -0.1) is 0 Å². The van der Waals surface area contributed by atoms with Gasteiger partial charge in [0.25, 0.3) is 0 Å². The Bertz CT molecular complexity index is 413. The van der Waals surface area contributed by atoms with Crippen LogP contribution < -0.4 is 5.32 Å². The monoisotopic (exact) mass is 247 g/mol. The molecule has 0 bridgehead atoms. The molecule has 3 heteroatoms. The summed E-state index contributed by atoms with van der Waals surface area (Å²) in [4.78, 5) is 0. The minimum absolute atomic E-state index is 0.556. The van der Waals surface area contributed by atoms with Gasteiger partial charge in [0.05, 0.1) is 5.69 Å². The van der Waals surface area contributed by atoms with Crippen LogP contribution in [0.3, 0.4) is 0 Å². The molecular formula is C15H25N3. The second kappa shape index (κ2) is 4.69. The summed E-state index contributed by atoms with van der Waals surface area (Å²) >= 11 is 0. The van der Waals surface area contributed by atoms with Crippen LogP contribution in [0, 0.1) is 5.41 Å². The van der Waals surface area contributed by atoms with Crippen molar-refractivity contribution in [2.75, 3.05) is 6.54 Å². The van der Waals surface area contributed by atoms with E-state index in [4.69, 9.17) is 0 Å². The summed E-state index contributed by atoms with van der Waals surface area (Å²) in [6.45, 7) is 6.60. The van der Waals surface area contributed by atoms with Crippen molar-refractivity contribution in [2.45, 2.75) is 65.0 Å². The standard InChI is InChI=1S/C15H25N3/c1-3-12-9-14(18(4-2)17-12)10-15(7-8-15)11-16-13-5-6-13/h9,13,16H,3-8,10-11H2,1-2H3. The van der Waals surface area contributed by atoms with Crippen molar-refractivity contribution < 1.29 is 0 Å². The van der Waals surface area contributed by atoms with Gasteiger partial charge in [-0.25, -0.2) is 0 Å². The van der Waals surface area contributed by atoms with Gasteiger partial charge < -0.3 is 5.32 Å². The Hall–Kier alpha value is -0.830. The molecule has 0 aliphatic heterocycles. The average Bonchev–Trinajstić information content (AvgIpc) is 3.27. The normalized spacial score (nSPS) is 21.2. The van der Waals surface area contributed by atoms with E-state index in [0.29, 0.717) is 5.41 Å². The maximum atomic E-state index is 4.66. The predicted octanol–water partition coefficient (Wildman–Crippen LogP) is 2.54. The van der Waals surface area contributed by atoms with Gasteiger partial charge in [-0.1, -0.05) is 6.92 Å². The highest BCUT2D eigenvalue weighted by molar-refractivity contribution is 5.15. The summed E-state index contributed by atoms with van der Waals surface area (Å²) in [6.07, 6.45) is 7.83. The van der Waals surface area contributed by atoms with Gasteiger partial charge in [-0.05, 0) is 56.9 Å². The quantitative estimate of drug-likeness (QED) is 0.802. The van der Waals surface area contributed by atoms with Gasteiger partial charge in [0.15, 0.2) is 0 Å². The predicted molar refractivity (Wildman–Crippen MR) is 73.7 cm³/mol. The number of aryl methyl sites for hydroxylation is 2. The second-order valence-electron chi connectivity index (χ2n) is 6.13. The molecule has 3 nitrogen and oxygen atoms in total. The van der Waals surface area contributed by atoms with Crippen LogP contribution in [0.25, 0.3) is 0 Å². The lowest BCUT2D eigenvalue weighted by molar-refractivity contribution is 0.435. The average molecular weight is 247 g/mol. The molecule has 0 unspecified atom stereocenters. The van der Waals surface area contributed by atoms with Crippen molar-refractivity contribution in [3.8, 4) is 0 Å². The molecule has 1 N–H and O–H groups in total. The molecule has 100 valence electrons. The minimum atomic E-state index is 0.556. The molecule has 1 aromatic heterocycles. The fourth-order valence-electron chi connectivity index (χ4n) is 2.73. The topological polar surface area (TPSA) is 29.9 Å². The van der Waals surface area contributed by atoms with Crippen molar-refractivity contribution in [1.82, 2.24) is 15.1 Å². The number of hydrogen-bond donors (Lipinski definition) is 1. The van der Waals surface area contributed by atoms with Gasteiger partial charge in [-0.3, -0.25) is 4.68 Å². The molecule has 1 heterocycles. The van der Waals surface area contributed by atoms with E-state index in [9.17, 15) is 0 Å². The van der Waals surface area contributed by atoms with Crippen LogP contribution in [0.15, 0.2) is 6.07 Å². The van der Waals surface area contributed by atoms with Gasteiger partial charge in [0.1, 0.15) is 0 Å². The molecule has 18 heavy (non-hydrogen) atoms. The Morgan fingerprint density at radius 1 is 1.39 bits per heavy atom. The van der Waals surface area contributed by atoms with E-state index in [2.05, 4.69) is 35.0 Å². The highest BCUT2D eigenvalue weighted by Crippen LogP contribution is 2.48. The van der Waals surface area contributed by atoms with E-state index in [0.717, 1.165) is 19.0 Å². The summed E-state index contributed by atoms with van der Waals surface area (Å²) in [5.41, 5.74) is 3.25. The van der Waals surface area contributed by atoms with Gasteiger partial charge in [-0.2, -0.15) is 5.10 Å². The number of hydrogen-bond acceptors (Lipinski definition) is 2. The van der Waals surface area contributed by atoms with E-state index in [-0.39, 0.29) is 0 Å². The van der Waals surface area contributed by atoms with Crippen LogP contribution in [0.5, 0.6) is 0 Å². The first-order chi connectivity index (χ1) is 8.74. The lowest BCUT2D eigenvalue weighted by Crippen LogP contribution is -2.27. The molecule has 0 spiro atoms. The third-order valence-electron chi connectivity index (χ3n) is 4.43. The zero-order valence-corrected chi connectivity index (χ0v) is 11.7. The first-order valence-electron chi connectivity index (χ1n) is 7.54. The maximum Gasteiger partial charge on any atom is 0.0624 e. The molecule has 2 fully saturated rings. The molecule has 0 atom stereocenters. The lowest BCUT2D eigenvalue weighted by Gasteiger charge is -2.16. The smallest absolute Gasteiger partial charge is 0.0624 e. The molecular weight excluding hydrogens is 222 g/mol. The van der Waals surface area contributed by atoms with Crippen molar-refractivity contribution >= 4 is 0 Å². The fraction of sp³-hybridized carbons (Fsp3) is 0.800. The zero-order valence-electron chi connectivity index (χ0n) is 11.7. The van der Waals surface area contributed by atoms with Crippen LogP contribution >= 0.6 is 0 Å². The number of aromatic nitrogens is 2. The molecule has 2 saturated carbocycles. The second-order valence-corrected chi connectivity index (χ2v) is 6.13. The highest BCUT2D eigenvalue weighted by Gasteiger charge is 2.43. The SMILES string of the molecule is CCc1cc(CC2(CNC3CC3)CC2)n(CC)n1. The Labute approximate surface area is 110 Å². The number of nitrogens with one attached hydrogen (secondary N) is 1. The van der Waals surface area contributed by atoms with Crippen molar-refractivity contribution in [2.24, 2.45) is 5.41 Å². The molecule has 1 aromatic rings. The Morgan fingerprint density at radius 2 is 2.17 bits per heavy atom. The van der Waals surface area contributed by atoms with E-state index in [1.165, 1.54) is 50.0 Å². The summed E-state index contributed by atoms with van der Waals surface area (Å²) < 4.78 is 2.20. The third kappa shape index (κ3) is 2.61. The van der Waals surface area contributed by atoms with E-state index in [1.807, 2.05) is 0 Å². The molecule has 2 aliphatic carbocycles. The first-order valence-corrected chi connectivity index (χ1v) is 7.54. The summed E-state index contributed by atoms with van der Waals surface area (Å²) in [6, 6.07) is 3.16. The largest absolute Gasteiger partial charge is 0.313 e. The molecule has 2 aliphatic rings. The van der Waals surface area contributed by atoms with Gasteiger partial charge in [0, 0.05) is 24.8 Å². The molecule has 0 amide bonds. The maximum absolute atomic E-state index is 4.66. The minimum Gasteiger partial charge on any atom is -0.313 e. The lowest BCUT2D eigenvalue weighted by atomic mass is 9.99. The molecule has 3 rings (SSSR count). The Morgan fingerprint density at radius 3 is 2.72 bits per heavy atom. The highest BCUT2D eigenvalue weighted by atomic mass is 15.3. The summed E-state index contributed by atoms with van der Waals surface area (Å²) in [5.74, 6) is 0. The molecule has 0 aromatic carbocycles. The Balaban J connectivity index is 1.65. The van der Waals surface area contributed by atoms with Crippen LogP contribution in [-0.2, 0) is 19.4 Å². The van der Waals surface area contributed by atoms with E-state index >= 15 is 0 Å². The molecule has 0 radical (unpaired) electrons. The van der Waals surface area contributed by atoms with Crippen molar-refractivity contribution in [3.63, 3.8) is 0 Å². The number of rotatable bonds is 7. The summed E-state index contributed by atoms with van der Waals surface area (Å²) in [5, 5.41) is 8.37. The fourth-order valence-corrected chi connectivity index (χ4v) is 2.73. The Kier molecular flexibility index (Phi) is 3.18. The van der Waals surface area contributed by atoms with Crippen molar-refractivity contribution in [3.05, 3.63) is 17.5 Å². The van der Waals surface area contributed by atoms with Crippen LogP contribution in [0.1, 0.15) is 50.9 Å². The first kappa shape index (κ1) is 12.2. The third-order valence-corrected chi connectivity index (χ3v) is 4.43. The summed E-state index contributed by atoms with van der Waals surface area (Å²) in [7, 11) is 0.